The third-order valence-electron chi connectivity index (χ3n) is 7.45. The first-order valence-electron chi connectivity index (χ1n) is 10.6. The quantitative estimate of drug-likeness (QED) is 0.622. The third-order valence-corrected chi connectivity index (χ3v) is 7.45. The number of benzene rings is 3. The summed E-state index contributed by atoms with van der Waals surface area (Å²) in [5.41, 5.74) is 6.73. The smallest absolute Gasteiger partial charge is 0.160 e. The number of carbonyl (C=O) groups excluding carboxylic acids is 2. The molecule has 0 aliphatic heterocycles. The van der Waals surface area contributed by atoms with E-state index < -0.39 is 5.41 Å². The molecule has 2 unspecified atom stereocenters. The molecule has 30 heavy (non-hydrogen) atoms. The molecular formula is C28H22O2. The van der Waals surface area contributed by atoms with Crippen molar-refractivity contribution < 1.29 is 9.59 Å². The van der Waals surface area contributed by atoms with Gasteiger partial charge >= 0.3 is 0 Å². The lowest BCUT2D eigenvalue weighted by atomic mass is 9.43. The van der Waals surface area contributed by atoms with Gasteiger partial charge in [-0.3, -0.25) is 9.59 Å². The first-order valence-corrected chi connectivity index (χ1v) is 10.6. The van der Waals surface area contributed by atoms with Crippen molar-refractivity contribution >= 4 is 11.6 Å². The normalized spacial score (nSPS) is 28.1. The number of hydrogen-bond acceptors (Lipinski definition) is 2. The molecule has 2 nitrogen and oxygen atoms in total. The van der Waals surface area contributed by atoms with Crippen LogP contribution in [0.3, 0.4) is 0 Å². The lowest BCUT2D eigenvalue weighted by molar-refractivity contribution is -0.133. The second-order valence-corrected chi connectivity index (χ2v) is 8.93. The standard InChI is InChI=1S/C28H22O2/c1-17-10-12-18(13-11-17)16-28-21-8-4-2-6-19(21)25(20-7-3-5-9-22(20)28)26-23(29)14-15-24(30)27(26)28/h2-15,25-27H,16H2,1H3. The van der Waals surface area contributed by atoms with E-state index in [2.05, 4.69) is 79.7 Å². The summed E-state index contributed by atoms with van der Waals surface area (Å²) >= 11 is 0. The maximum Gasteiger partial charge on any atom is 0.160 e. The van der Waals surface area contributed by atoms with E-state index in [4.69, 9.17) is 0 Å². The van der Waals surface area contributed by atoms with Gasteiger partial charge in [-0.15, -0.1) is 0 Å². The molecule has 0 aromatic heterocycles. The topological polar surface area (TPSA) is 34.1 Å². The number of hydrogen-bond donors (Lipinski definition) is 0. The molecular weight excluding hydrogens is 368 g/mol. The van der Waals surface area contributed by atoms with Crippen LogP contribution in [-0.4, -0.2) is 11.6 Å². The van der Waals surface area contributed by atoms with Crippen molar-refractivity contribution in [3.05, 3.63) is 118 Å². The summed E-state index contributed by atoms with van der Waals surface area (Å²) in [7, 11) is 0. The predicted molar refractivity (Wildman–Crippen MR) is 117 cm³/mol. The third kappa shape index (κ3) is 2.14. The van der Waals surface area contributed by atoms with Crippen LogP contribution in [0, 0.1) is 18.8 Å². The molecule has 0 radical (unpaired) electrons. The molecule has 2 atom stereocenters. The van der Waals surface area contributed by atoms with Crippen molar-refractivity contribution in [3.8, 4) is 0 Å². The summed E-state index contributed by atoms with van der Waals surface area (Å²) < 4.78 is 0. The summed E-state index contributed by atoms with van der Waals surface area (Å²) in [4.78, 5) is 26.6. The highest BCUT2D eigenvalue weighted by Crippen LogP contribution is 2.63. The SMILES string of the molecule is Cc1ccc(CC23c4ccccc4C(c4ccccc42)C2C(=O)C=CC(=O)C23)cc1. The number of allylic oxidation sites excluding steroid dienone is 2. The average molecular weight is 390 g/mol. The molecule has 0 fully saturated rings. The molecule has 0 spiro atoms. The van der Waals surface area contributed by atoms with E-state index in [1.54, 1.807) is 0 Å². The van der Waals surface area contributed by atoms with Gasteiger partial charge in [0.15, 0.2) is 11.6 Å². The van der Waals surface area contributed by atoms with Gasteiger partial charge in [0, 0.05) is 23.2 Å². The van der Waals surface area contributed by atoms with Gasteiger partial charge in [0.1, 0.15) is 0 Å². The molecule has 2 bridgehead atoms. The Kier molecular flexibility index (Phi) is 3.59. The molecule has 7 rings (SSSR count). The van der Waals surface area contributed by atoms with Gasteiger partial charge in [0.25, 0.3) is 0 Å². The Bertz CT molecular complexity index is 1180. The van der Waals surface area contributed by atoms with Crippen molar-refractivity contribution in [2.45, 2.75) is 24.7 Å². The molecule has 0 amide bonds. The first-order chi connectivity index (χ1) is 14.6. The summed E-state index contributed by atoms with van der Waals surface area (Å²) in [5.74, 6) is -0.560. The Morgan fingerprint density at radius 1 is 0.733 bits per heavy atom. The minimum absolute atomic E-state index is 0.0521. The van der Waals surface area contributed by atoms with Crippen molar-refractivity contribution in [2.24, 2.45) is 11.8 Å². The fourth-order valence-electron chi connectivity index (χ4n) is 6.34. The van der Waals surface area contributed by atoms with Crippen molar-refractivity contribution in [1.82, 2.24) is 0 Å². The molecule has 3 aromatic rings. The molecule has 0 saturated heterocycles. The summed E-state index contributed by atoms with van der Waals surface area (Å²) in [6, 6.07) is 25.5. The Morgan fingerprint density at radius 2 is 1.30 bits per heavy atom. The fraction of sp³-hybridized carbons (Fsp3) is 0.214. The van der Waals surface area contributed by atoms with E-state index in [0.29, 0.717) is 6.42 Å². The van der Waals surface area contributed by atoms with E-state index in [-0.39, 0.29) is 29.3 Å². The highest BCUT2D eigenvalue weighted by Gasteiger charge is 2.62. The maximum atomic E-state index is 13.4. The maximum absolute atomic E-state index is 13.4. The Morgan fingerprint density at radius 3 is 1.93 bits per heavy atom. The van der Waals surface area contributed by atoms with Crippen LogP contribution in [0.5, 0.6) is 0 Å². The molecule has 4 aliphatic rings. The van der Waals surface area contributed by atoms with Gasteiger partial charge in [-0.05, 0) is 53.3 Å². The second kappa shape index (κ2) is 6.12. The zero-order chi connectivity index (χ0) is 20.5. The summed E-state index contributed by atoms with van der Waals surface area (Å²) in [6.07, 6.45) is 3.74. The second-order valence-electron chi connectivity index (χ2n) is 8.93. The fourth-order valence-corrected chi connectivity index (χ4v) is 6.34. The van der Waals surface area contributed by atoms with E-state index >= 15 is 0 Å². The monoisotopic (exact) mass is 390 g/mol. The Balaban J connectivity index is 1.70. The van der Waals surface area contributed by atoms with E-state index in [1.807, 2.05) is 0 Å². The summed E-state index contributed by atoms with van der Waals surface area (Å²) in [6.45, 7) is 2.09. The lowest BCUT2D eigenvalue weighted by Gasteiger charge is -2.57. The number of aryl methyl sites for hydroxylation is 1. The van der Waals surface area contributed by atoms with Crippen molar-refractivity contribution in [1.29, 1.82) is 0 Å². The Hall–Kier alpha value is -3.26. The van der Waals surface area contributed by atoms with Crippen LogP contribution in [0.1, 0.15) is 39.3 Å². The molecule has 0 saturated carbocycles. The minimum Gasteiger partial charge on any atom is -0.294 e. The zero-order valence-corrected chi connectivity index (χ0v) is 16.8. The van der Waals surface area contributed by atoms with Crippen LogP contribution in [0.15, 0.2) is 84.9 Å². The van der Waals surface area contributed by atoms with Gasteiger partial charge in [-0.2, -0.15) is 0 Å². The molecule has 3 aromatic carbocycles. The van der Waals surface area contributed by atoms with Crippen LogP contribution < -0.4 is 0 Å². The molecule has 0 N–H and O–H groups in total. The van der Waals surface area contributed by atoms with Gasteiger partial charge in [-0.25, -0.2) is 0 Å². The lowest BCUT2D eigenvalue weighted by Crippen LogP contribution is -2.58. The van der Waals surface area contributed by atoms with Gasteiger partial charge in [0.2, 0.25) is 0 Å². The van der Waals surface area contributed by atoms with E-state index in [0.717, 1.165) is 0 Å². The predicted octanol–water partition coefficient (Wildman–Crippen LogP) is 4.92. The van der Waals surface area contributed by atoms with Gasteiger partial charge < -0.3 is 0 Å². The highest BCUT2D eigenvalue weighted by atomic mass is 16.1. The van der Waals surface area contributed by atoms with Crippen LogP contribution in [-0.2, 0) is 21.4 Å². The zero-order valence-electron chi connectivity index (χ0n) is 16.8. The van der Waals surface area contributed by atoms with Crippen LogP contribution in [0.4, 0.5) is 0 Å². The minimum atomic E-state index is -0.528. The van der Waals surface area contributed by atoms with E-state index in [9.17, 15) is 9.59 Å². The Labute approximate surface area is 176 Å². The molecule has 146 valence electrons. The molecule has 0 heterocycles. The average Bonchev–Trinajstić information content (AvgIpc) is 2.78. The molecule has 2 heteroatoms. The van der Waals surface area contributed by atoms with Gasteiger partial charge in [-0.1, -0.05) is 78.4 Å². The molecule has 4 aliphatic carbocycles. The van der Waals surface area contributed by atoms with E-state index in [1.165, 1.54) is 45.5 Å². The van der Waals surface area contributed by atoms with Crippen LogP contribution >= 0.6 is 0 Å². The highest BCUT2D eigenvalue weighted by molar-refractivity contribution is 6.10. The van der Waals surface area contributed by atoms with Crippen molar-refractivity contribution in [3.63, 3.8) is 0 Å². The van der Waals surface area contributed by atoms with Crippen LogP contribution in [0.2, 0.25) is 0 Å². The summed E-state index contributed by atoms with van der Waals surface area (Å²) in [5, 5.41) is 0. The first kappa shape index (κ1) is 17.6. The number of rotatable bonds is 2. The number of carbonyl (C=O) groups is 2. The largest absolute Gasteiger partial charge is 0.294 e. The number of ketones is 2. The van der Waals surface area contributed by atoms with Crippen molar-refractivity contribution in [2.75, 3.05) is 0 Å². The van der Waals surface area contributed by atoms with Crippen LogP contribution in [0.25, 0.3) is 0 Å². The van der Waals surface area contributed by atoms with Gasteiger partial charge in [0.05, 0.1) is 0 Å².